The summed E-state index contributed by atoms with van der Waals surface area (Å²) < 4.78 is 10.2. The van der Waals surface area contributed by atoms with Crippen molar-refractivity contribution in [3.8, 4) is 11.5 Å². The van der Waals surface area contributed by atoms with Crippen LogP contribution in [0.25, 0.3) is 0 Å². The number of benzene rings is 2. The number of aryl methyl sites for hydroxylation is 1. The number of phenols is 1. The highest BCUT2D eigenvalue weighted by molar-refractivity contribution is 5.98. The summed E-state index contributed by atoms with van der Waals surface area (Å²) in [5, 5.41) is 12.4. The number of ether oxygens (including phenoxy) is 2. The fourth-order valence-corrected chi connectivity index (χ4v) is 2.01. The number of methoxy groups -OCH3 is 1. The van der Waals surface area contributed by atoms with E-state index in [1.54, 1.807) is 44.4 Å². The number of carbonyl (C=O) groups excluding carboxylic acids is 2. The quantitative estimate of drug-likeness (QED) is 0.824. The van der Waals surface area contributed by atoms with E-state index in [2.05, 4.69) is 5.32 Å². The summed E-state index contributed by atoms with van der Waals surface area (Å²) in [6.45, 7) is 3.25. The third-order valence-electron chi connectivity index (χ3n) is 3.38. The number of anilines is 1. The highest BCUT2D eigenvalue weighted by atomic mass is 16.5. The van der Waals surface area contributed by atoms with Crippen LogP contribution in [0.2, 0.25) is 0 Å². The minimum absolute atomic E-state index is 0.0269. The summed E-state index contributed by atoms with van der Waals surface area (Å²) in [6.07, 6.45) is -1.01. The molecule has 0 heterocycles. The summed E-state index contributed by atoms with van der Waals surface area (Å²) in [7, 11) is 1.55. The molecule has 0 saturated carbocycles. The first kappa shape index (κ1) is 17.3. The van der Waals surface area contributed by atoms with Crippen molar-refractivity contribution in [3.05, 3.63) is 53.6 Å². The van der Waals surface area contributed by atoms with Gasteiger partial charge in [0.05, 0.1) is 7.11 Å². The van der Waals surface area contributed by atoms with Gasteiger partial charge in [0.1, 0.15) is 17.1 Å². The molecule has 2 rings (SSSR count). The topological polar surface area (TPSA) is 84.9 Å². The van der Waals surface area contributed by atoms with E-state index in [4.69, 9.17) is 9.47 Å². The molecule has 1 amide bonds. The predicted molar refractivity (Wildman–Crippen MR) is 89.3 cm³/mol. The van der Waals surface area contributed by atoms with Crippen molar-refractivity contribution < 1.29 is 24.2 Å². The highest BCUT2D eigenvalue weighted by Crippen LogP contribution is 2.20. The van der Waals surface area contributed by atoms with Gasteiger partial charge in [0.15, 0.2) is 6.10 Å². The van der Waals surface area contributed by atoms with Crippen LogP contribution in [0.1, 0.15) is 22.8 Å². The van der Waals surface area contributed by atoms with E-state index in [1.807, 2.05) is 0 Å². The van der Waals surface area contributed by atoms with Gasteiger partial charge in [0, 0.05) is 5.69 Å². The maximum absolute atomic E-state index is 12.1. The summed E-state index contributed by atoms with van der Waals surface area (Å²) in [5.41, 5.74) is 1.39. The fourth-order valence-electron chi connectivity index (χ4n) is 2.01. The summed E-state index contributed by atoms with van der Waals surface area (Å²) in [6, 6.07) is 11.4. The molecule has 2 N–H and O–H groups in total. The maximum Gasteiger partial charge on any atom is 0.342 e. The lowest BCUT2D eigenvalue weighted by Crippen LogP contribution is -2.30. The number of rotatable bonds is 5. The molecule has 0 aliphatic carbocycles. The van der Waals surface area contributed by atoms with Crippen LogP contribution in [0, 0.1) is 6.92 Å². The van der Waals surface area contributed by atoms with Gasteiger partial charge in [0.2, 0.25) is 0 Å². The Labute approximate surface area is 140 Å². The second kappa shape index (κ2) is 7.50. The van der Waals surface area contributed by atoms with E-state index in [1.165, 1.54) is 19.1 Å². The molecule has 0 aromatic heterocycles. The normalized spacial score (nSPS) is 11.5. The smallest absolute Gasteiger partial charge is 0.342 e. The Kier molecular flexibility index (Phi) is 5.42. The lowest BCUT2D eigenvalue weighted by Gasteiger charge is -2.14. The van der Waals surface area contributed by atoms with Crippen LogP contribution in [0.5, 0.6) is 11.5 Å². The van der Waals surface area contributed by atoms with Crippen LogP contribution in [0.3, 0.4) is 0 Å². The lowest BCUT2D eigenvalue weighted by molar-refractivity contribution is -0.123. The standard InChI is InChI=1S/C18H19NO5/c1-11-4-9-16(20)15(10-11)18(22)24-12(2)17(21)19-13-5-7-14(23-3)8-6-13/h4-10,12,20H,1-3H3,(H,19,21)/t12-/m1/s1. The molecule has 2 aromatic carbocycles. The van der Waals surface area contributed by atoms with Gasteiger partial charge in [-0.05, 0) is 50.2 Å². The number of aromatic hydroxyl groups is 1. The van der Waals surface area contributed by atoms with Crippen LogP contribution in [0.15, 0.2) is 42.5 Å². The number of hydrogen-bond donors (Lipinski definition) is 2. The van der Waals surface area contributed by atoms with Crippen LogP contribution >= 0.6 is 0 Å². The number of esters is 1. The molecule has 0 unspecified atom stereocenters. The number of phenolic OH excluding ortho intramolecular Hbond substituents is 1. The maximum atomic E-state index is 12.1. The molecule has 0 radical (unpaired) electrons. The monoisotopic (exact) mass is 329 g/mol. The van der Waals surface area contributed by atoms with Gasteiger partial charge >= 0.3 is 5.97 Å². The Hall–Kier alpha value is -3.02. The molecule has 1 atom stereocenters. The van der Waals surface area contributed by atoms with Crippen molar-refractivity contribution in [1.29, 1.82) is 0 Å². The predicted octanol–water partition coefficient (Wildman–Crippen LogP) is 2.89. The first-order valence-electron chi connectivity index (χ1n) is 7.36. The number of nitrogens with one attached hydrogen (secondary N) is 1. The van der Waals surface area contributed by atoms with Gasteiger partial charge in [-0.15, -0.1) is 0 Å². The summed E-state index contributed by atoms with van der Waals surface area (Å²) >= 11 is 0. The van der Waals surface area contributed by atoms with Gasteiger partial charge in [-0.3, -0.25) is 4.79 Å². The Balaban J connectivity index is 2.00. The molecule has 0 bridgehead atoms. The van der Waals surface area contributed by atoms with E-state index in [0.29, 0.717) is 11.4 Å². The number of amides is 1. The van der Waals surface area contributed by atoms with Crippen molar-refractivity contribution in [2.45, 2.75) is 20.0 Å². The Morgan fingerprint density at radius 2 is 1.79 bits per heavy atom. The lowest BCUT2D eigenvalue weighted by atomic mass is 10.1. The third kappa shape index (κ3) is 4.25. The van der Waals surface area contributed by atoms with E-state index in [0.717, 1.165) is 5.56 Å². The average molecular weight is 329 g/mol. The van der Waals surface area contributed by atoms with Crippen LogP contribution < -0.4 is 10.1 Å². The molecule has 126 valence electrons. The fraction of sp³-hybridized carbons (Fsp3) is 0.222. The molecule has 24 heavy (non-hydrogen) atoms. The first-order valence-corrected chi connectivity index (χ1v) is 7.36. The van der Waals surface area contributed by atoms with Crippen molar-refractivity contribution in [2.24, 2.45) is 0 Å². The SMILES string of the molecule is COc1ccc(NC(=O)[C@@H](C)OC(=O)c2cc(C)ccc2O)cc1. The van der Waals surface area contributed by atoms with Gasteiger partial charge in [0.25, 0.3) is 5.91 Å². The Morgan fingerprint density at radius 3 is 2.42 bits per heavy atom. The second-order valence-corrected chi connectivity index (χ2v) is 5.29. The zero-order valence-electron chi connectivity index (χ0n) is 13.7. The first-order chi connectivity index (χ1) is 11.4. The average Bonchev–Trinajstić information content (AvgIpc) is 2.57. The Morgan fingerprint density at radius 1 is 1.12 bits per heavy atom. The molecule has 0 aliphatic heterocycles. The van der Waals surface area contributed by atoms with Crippen LogP contribution in [-0.2, 0) is 9.53 Å². The molecule has 0 spiro atoms. The second-order valence-electron chi connectivity index (χ2n) is 5.29. The van der Waals surface area contributed by atoms with E-state index >= 15 is 0 Å². The van der Waals surface area contributed by atoms with Crippen LogP contribution in [-0.4, -0.2) is 30.2 Å². The number of carbonyl (C=O) groups is 2. The van der Waals surface area contributed by atoms with Gasteiger partial charge in [-0.25, -0.2) is 4.79 Å². The largest absolute Gasteiger partial charge is 0.507 e. The molecular formula is C18H19NO5. The van der Waals surface area contributed by atoms with Crippen molar-refractivity contribution in [2.75, 3.05) is 12.4 Å². The third-order valence-corrected chi connectivity index (χ3v) is 3.38. The molecular weight excluding hydrogens is 310 g/mol. The molecule has 0 fully saturated rings. The van der Waals surface area contributed by atoms with Gasteiger partial charge < -0.3 is 19.9 Å². The van der Waals surface area contributed by atoms with Crippen LogP contribution in [0.4, 0.5) is 5.69 Å². The van der Waals surface area contributed by atoms with E-state index in [9.17, 15) is 14.7 Å². The highest BCUT2D eigenvalue weighted by Gasteiger charge is 2.21. The van der Waals surface area contributed by atoms with Crippen molar-refractivity contribution in [1.82, 2.24) is 0 Å². The molecule has 2 aromatic rings. The summed E-state index contributed by atoms with van der Waals surface area (Å²) in [5.74, 6) is -0.745. The molecule has 6 nitrogen and oxygen atoms in total. The minimum Gasteiger partial charge on any atom is -0.507 e. The minimum atomic E-state index is -1.01. The molecule has 0 saturated heterocycles. The zero-order valence-corrected chi connectivity index (χ0v) is 13.7. The van der Waals surface area contributed by atoms with E-state index in [-0.39, 0.29) is 11.3 Å². The van der Waals surface area contributed by atoms with E-state index < -0.39 is 18.0 Å². The van der Waals surface area contributed by atoms with Crippen molar-refractivity contribution in [3.63, 3.8) is 0 Å². The van der Waals surface area contributed by atoms with Gasteiger partial charge in [-0.1, -0.05) is 11.6 Å². The summed E-state index contributed by atoms with van der Waals surface area (Å²) in [4.78, 5) is 24.2. The Bertz CT molecular complexity index is 740. The van der Waals surface area contributed by atoms with Crippen molar-refractivity contribution >= 4 is 17.6 Å². The molecule has 0 aliphatic rings. The van der Waals surface area contributed by atoms with Gasteiger partial charge in [-0.2, -0.15) is 0 Å². The zero-order chi connectivity index (χ0) is 17.7. The molecule has 6 heteroatoms. The number of hydrogen-bond acceptors (Lipinski definition) is 5.